The number of benzene rings is 1. The Bertz CT molecular complexity index is 526. The Morgan fingerprint density at radius 2 is 1.75 bits per heavy atom. The molecule has 2 rings (SSSR count). The van der Waals surface area contributed by atoms with Gasteiger partial charge in [-0.05, 0) is 31.4 Å². The minimum Gasteiger partial charge on any atom is -0.322 e. The van der Waals surface area contributed by atoms with Crippen molar-refractivity contribution in [3.8, 4) is 0 Å². The van der Waals surface area contributed by atoms with Crippen LogP contribution in [0, 0.1) is 0 Å². The van der Waals surface area contributed by atoms with Gasteiger partial charge in [0.1, 0.15) is 0 Å². The lowest BCUT2D eigenvalue weighted by Crippen LogP contribution is -2.39. The molecular weight excluding hydrogens is 246 g/mol. The van der Waals surface area contributed by atoms with E-state index in [-0.39, 0.29) is 11.5 Å². The third-order valence-corrected chi connectivity index (χ3v) is 4.57. The number of aromatic nitrogens is 2. The molecule has 1 aromatic carbocycles. The van der Waals surface area contributed by atoms with Crippen LogP contribution in [-0.2, 0) is 12.0 Å². The molecule has 0 aliphatic rings. The van der Waals surface area contributed by atoms with Crippen LogP contribution in [-0.4, -0.2) is 9.78 Å². The van der Waals surface area contributed by atoms with Gasteiger partial charge in [-0.1, -0.05) is 44.2 Å². The number of aryl methyl sites for hydroxylation is 1. The smallest absolute Gasteiger partial charge is 0.0564 e. The summed E-state index contributed by atoms with van der Waals surface area (Å²) in [5.74, 6) is 0. The third kappa shape index (κ3) is 2.38. The predicted molar refractivity (Wildman–Crippen MR) is 83.5 cm³/mol. The Morgan fingerprint density at radius 1 is 1.10 bits per heavy atom. The second-order valence-electron chi connectivity index (χ2n) is 5.28. The highest BCUT2D eigenvalue weighted by Crippen LogP contribution is 2.41. The van der Waals surface area contributed by atoms with E-state index in [9.17, 15) is 0 Å². The van der Waals surface area contributed by atoms with Crippen molar-refractivity contribution in [3.63, 3.8) is 0 Å². The molecule has 3 nitrogen and oxygen atoms in total. The van der Waals surface area contributed by atoms with E-state index in [1.54, 1.807) is 0 Å². The molecule has 0 amide bonds. The molecule has 3 heteroatoms. The first-order valence-electron chi connectivity index (χ1n) is 7.52. The van der Waals surface area contributed by atoms with Gasteiger partial charge in [0.25, 0.3) is 0 Å². The first-order chi connectivity index (χ1) is 9.69. The molecule has 0 aliphatic carbocycles. The number of nitrogens with two attached hydrogens (primary N) is 1. The molecule has 1 heterocycles. The quantitative estimate of drug-likeness (QED) is 0.871. The van der Waals surface area contributed by atoms with Gasteiger partial charge >= 0.3 is 0 Å². The van der Waals surface area contributed by atoms with E-state index in [1.807, 2.05) is 10.9 Å². The fraction of sp³-hybridized carbons (Fsp3) is 0.471. The summed E-state index contributed by atoms with van der Waals surface area (Å²) in [4.78, 5) is 0. The van der Waals surface area contributed by atoms with E-state index in [0.29, 0.717) is 0 Å². The molecular formula is C17H25N3. The van der Waals surface area contributed by atoms with E-state index >= 15 is 0 Å². The van der Waals surface area contributed by atoms with Gasteiger partial charge in [0.05, 0.1) is 11.7 Å². The Kier molecular flexibility index (Phi) is 4.61. The van der Waals surface area contributed by atoms with Crippen molar-refractivity contribution in [1.82, 2.24) is 9.78 Å². The summed E-state index contributed by atoms with van der Waals surface area (Å²) >= 11 is 0. The first kappa shape index (κ1) is 14.8. The average molecular weight is 271 g/mol. The molecule has 0 bridgehead atoms. The van der Waals surface area contributed by atoms with Gasteiger partial charge in [-0.25, -0.2) is 0 Å². The SMILES string of the molecule is CCn1nccc1C(N)C(CC)(CC)c1ccccc1. The molecule has 0 fully saturated rings. The van der Waals surface area contributed by atoms with E-state index in [2.05, 4.69) is 62.3 Å². The minimum atomic E-state index is -0.0395. The van der Waals surface area contributed by atoms with Crippen LogP contribution in [0.5, 0.6) is 0 Å². The fourth-order valence-electron chi connectivity index (χ4n) is 3.20. The highest BCUT2D eigenvalue weighted by Gasteiger charge is 2.37. The molecule has 0 spiro atoms. The maximum Gasteiger partial charge on any atom is 0.0564 e. The zero-order valence-corrected chi connectivity index (χ0v) is 12.7. The number of rotatable bonds is 6. The van der Waals surface area contributed by atoms with Crippen LogP contribution in [0.2, 0.25) is 0 Å². The lowest BCUT2D eigenvalue weighted by atomic mass is 9.69. The molecule has 0 saturated heterocycles. The third-order valence-electron chi connectivity index (χ3n) is 4.57. The molecule has 1 atom stereocenters. The summed E-state index contributed by atoms with van der Waals surface area (Å²) in [5.41, 5.74) is 9.10. The molecule has 1 aromatic heterocycles. The number of hydrogen-bond acceptors (Lipinski definition) is 2. The van der Waals surface area contributed by atoms with Gasteiger partial charge < -0.3 is 5.73 Å². The van der Waals surface area contributed by atoms with Gasteiger partial charge in [0.2, 0.25) is 0 Å². The molecule has 2 N–H and O–H groups in total. The molecule has 108 valence electrons. The van der Waals surface area contributed by atoms with Crippen LogP contribution in [0.1, 0.15) is 50.9 Å². The molecule has 0 saturated carbocycles. The van der Waals surface area contributed by atoms with Crippen molar-refractivity contribution in [2.45, 2.75) is 51.6 Å². The fourth-order valence-corrected chi connectivity index (χ4v) is 3.20. The number of hydrogen-bond donors (Lipinski definition) is 1. The largest absolute Gasteiger partial charge is 0.322 e. The normalized spacial score (nSPS) is 13.4. The molecule has 20 heavy (non-hydrogen) atoms. The Hall–Kier alpha value is -1.61. The monoisotopic (exact) mass is 271 g/mol. The Labute approximate surface area is 121 Å². The van der Waals surface area contributed by atoms with Crippen molar-refractivity contribution < 1.29 is 0 Å². The van der Waals surface area contributed by atoms with Crippen molar-refractivity contribution in [2.24, 2.45) is 5.73 Å². The van der Waals surface area contributed by atoms with Crippen molar-refractivity contribution in [1.29, 1.82) is 0 Å². The standard InChI is InChI=1S/C17H25N3/c1-4-17(5-2,14-10-8-7-9-11-14)16(18)15-12-13-19-20(15)6-3/h7-13,16H,4-6,18H2,1-3H3. The Morgan fingerprint density at radius 3 is 2.30 bits per heavy atom. The number of nitrogens with zero attached hydrogens (tertiary/aromatic N) is 2. The highest BCUT2D eigenvalue weighted by molar-refractivity contribution is 5.30. The van der Waals surface area contributed by atoms with Crippen molar-refractivity contribution in [2.75, 3.05) is 0 Å². The van der Waals surface area contributed by atoms with E-state index in [4.69, 9.17) is 5.73 Å². The summed E-state index contributed by atoms with van der Waals surface area (Å²) in [6, 6.07) is 12.7. The van der Waals surface area contributed by atoms with Gasteiger partial charge in [-0.3, -0.25) is 4.68 Å². The summed E-state index contributed by atoms with van der Waals surface area (Å²) in [6.07, 6.45) is 3.88. The lowest BCUT2D eigenvalue weighted by molar-refractivity contribution is 0.308. The van der Waals surface area contributed by atoms with Crippen molar-refractivity contribution >= 4 is 0 Å². The second-order valence-corrected chi connectivity index (χ2v) is 5.28. The van der Waals surface area contributed by atoms with Crippen LogP contribution >= 0.6 is 0 Å². The summed E-state index contributed by atoms with van der Waals surface area (Å²) in [7, 11) is 0. The van der Waals surface area contributed by atoms with Crippen LogP contribution in [0.25, 0.3) is 0 Å². The van der Waals surface area contributed by atoms with E-state index in [0.717, 1.165) is 25.1 Å². The first-order valence-corrected chi connectivity index (χ1v) is 7.52. The maximum atomic E-state index is 6.69. The van der Waals surface area contributed by atoms with Gasteiger partial charge in [-0.15, -0.1) is 0 Å². The molecule has 1 unspecified atom stereocenters. The lowest BCUT2D eigenvalue weighted by Gasteiger charge is -2.38. The minimum absolute atomic E-state index is 0.0335. The molecule has 0 radical (unpaired) electrons. The van der Waals surface area contributed by atoms with Crippen LogP contribution in [0.4, 0.5) is 0 Å². The van der Waals surface area contributed by atoms with E-state index < -0.39 is 0 Å². The van der Waals surface area contributed by atoms with Crippen LogP contribution in [0.15, 0.2) is 42.6 Å². The Balaban J connectivity index is 2.48. The van der Waals surface area contributed by atoms with Crippen LogP contribution in [0.3, 0.4) is 0 Å². The van der Waals surface area contributed by atoms with Gasteiger partial charge in [0, 0.05) is 18.2 Å². The highest BCUT2D eigenvalue weighted by atomic mass is 15.3. The summed E-state index contributed by atoms with van der Waals surface area (Å²) in [6.45, 7) is 7.41. The predicted octanol–water partition coefficient (Wildman–Crippen LogP) is 3.66. The molecule has 2 aromatic rings. The average Bonchev–Trinajstić information content (AvgIpc) is 2.98. The summed E-state index contributed by atoms with van der Waals surface area (Å²) in [5, 5.41) is 4.37. The second kappa shape index (κ2) is 6.23. The summed E-state index contributed by atoms with van der Waals surface area (Å²) < 4.78 is 2.01. The van der Waals surface area contributed by atoms with Crippen molar-refractivity contribution in [3.05, 3.63) is 53.9 Å². The topological polar surface area (TPSA) is 43.8 Å². The zero-order chi connectivity index (χ0) is 14.6. The van der Waals surface area contributed by atoms with E-state index in [1.165, 1.54) is 5.56 Å². The van der Waals surface area contributed by atoms with Crippen LogP contribution < -0.4 is 5.73 Å². The van der Waals surface area contributed by atoms with Gasteiger partial charge in [0.15, 0.2) is 0 Å². The zero-order valence-electron chi connectivity index (χ0n) is 12.7. The van der Waals surface area contributed by atoms with Gasteiger partial charge in [-0.2, -0.15) is 5.10 Å². The maximum absolute atomic E-state index is 6.69. The molecule has 0 aliphatic heterocycles.